The van der Waals surface area contributed by atoms with Crippen molar-refractivity contribution < 1.29 is 24.0 Å². The van der Waals surface area contributed by atoms with Gasteiger partial charge in [0.25, 0.3) is 5.91 Å². The number of aromatic amines is 1. The Labute approximate surface area is 145 Å². The van der Waals surface area contributed by atoms with E-state index in [1.165, 1.54) is 6.92 Å². The van der Waals surface area contributed by atoms with Gasteiger partial charge < -0.3 is 20.2 Å². The van der Waals surface area contributed by atoms with Crippen molar-refractivity contribution in [3.8, 4) is 0 Å². The highest BCUT2D eigenvalue weighted by Gasteiger charge is 2.26. The van der Waals surface area contributed by atoms with Crippen LogP contribution in [-0.2, 0) is 4.74 Å². The number of H-pyrrole nitrogens is 1. The molecule has 2 heterocycles. The van der Waals surface area contributed by atoms with E-state index in [1.54, 1.807) is 13.8 Å². The van der Waals surface area contributed by atoms with Crippen LogP contribution in [0.1, 0.15) is 49.9 Å². The molecular weight excluding hydrogens is 352 g/mol. The van der Waals surface area contributed by atoms with E-state index in [4.69, 9.17) is 4.74 Å². The molecule has 0 aromatic carbocycles. The van der Waals surface area contributed by atoms with Crippen LogP contribution in [0.15, 0.2) is 6.07 Å². The van der Waals surface area contributed by atoms with Crippen molar-refractivity contribution in [2.24, 2.45) is 0 Å². The van der Waals surface area contributed by atoms with E-state index < -0.39 is 22.6 Å². The Bertz CT molecular complexity index is 869. The maximum absolute atomic E-state index is 12.2. The molecule has 0 unspecified atom stereocenters. The summed E-state index contributed by atoms with van der Waals surface area (Å²) in [5.41, 5.74) is 0.256. The number of Topliss-reactive ketones (excluding diaryl/α,β-unsaturated/α-hetero) is 1. The molecule has 11 heteroatoms. The van der Waals surface area contributed by atoms with E-state index in [0.717, 1.165) is 17.4 Å². The first-order chi connectivity index (χ1) is 11.8. The number of hydrogen-bond acceptors (Lipinski definition) is 8. The van der Waals surface area contributed by atoms with Crippen LogP contribution < -0.4 is 5.32 Å². The number of nitro groups is 1. The lowest BCUT2D eigenvalue weighted by molar-refractivity contribution is -0.389. The zero-order valence-corrected chi connectivity index (χ0v) is 14.4. The van der Waals surface area contributed by atoms with Gasteiger partial charge in [-0.3, -0.25) is 9.59 Å². The largest absolute Gasteiger partial charge is 0.462 e. The molecule has 2 N–H and O–H groups in total. The van der Waals surface area contributed by atoms with Gasteiger partial charge in [0, 0.05) is 0 Å². The van der Waals surface area contributed by atoms with Crippen LogP contribution in [0.3, 0.4) is 0 Å². The summed E-state index contributed by atoms with van der Waals surface area (Å²) in [6.45, 7) is 4.68. The molecular formula is C14H14N4O6S. The molecule has 2 aromatic rings. The molecule has 0 saturated heterocycles. The Kier molecular flexibility index (Phi) is 5.27. The summed E-state index contributed by atoms with van der Waals surface area (Å²) >= 11 is 0.930. The number of nitrogens with zero attached hydrogens (tertiary/aromatic N) is 2. The van der Waals surface area contributed by atoms with Gasteiger partial charge in [0.2, 0.25) is 0 Å². The number of amides is 1. The van der Waals surface area contributed by atoms with Crippen molar-refractivity contribution in [1.82, 2.24) is 10.2 Å². The molecule has 0 fully saturated rings. The van der Waals surface area contributed by atoms with Crippen molar-refractivity contribution in [2.45, 2.75) is 20.8 Å². The van der Waals surface area contributed by atoms with Crippen LogP contribution in [0.2, 0.25) is 0 Å². The summed E-state index contributed by atoms with van der Waals surface area (Å²) in [5, 5.41) is 18.9. The third-order valence-corrected chi connectivity index (χ3v) is 4.47. The Morgan fingerprint density at radius 3 is 2.64 bits per heavy atom. The number of hydrogen-bond donors (Lipinski definition) is 2. The van der Waals surface area contributed by atoms with Gasteiger partial charge in [0.15, 0.2) is 11.5 Å². The molecule has 0 aliphatic rings. The van der Waals surface area contributed by atoms with Crippen molar-refractivity contribution >= 4 is 39.8 Å². The normalized spacial score (nSPS) is 10.4. The number of ether oxygens (including phenoxy) is 1. The van der Waals surface area contributed by atoms with Gasteiger partial charge in [0.1, 0.15) is 5.00 Å². The monoisotopic (exact) mass is 366 g/mol. The second kappa shape index (κ2) is 7.21. The highest BCUT2D eigenvalue weighted by Crippen LogP contribution is 2.34. The van der Waals surface area contributed by atoms with Gasteiger partial charge >= 0.3 is 11.8 Å². The van der Waals surface area contributed by atoms with Crippen LogP contribution >= 0.6 is 11.3 Å². The number of aromatic nitrogens is 2. The Balaban J connectivity index is 2.38. The highest BCUT2D eigenvalue weighted by molar-refractivity contribution is 7.18. The van der Waals surface area contributed by atoms with E-state index in [-0.39, 0.29) is 28.6 Å². The first-order valence-electron chi connectivity index (χ1n) is 7.08. The van der Waals surface area contributed by atoms with Gasteiger partial charge in [-0.05, 0) is 31.3 Å². The molecule has 0 bridgehead atoms. The van der Waals surface area contributed by atoms with E-state index in [9.17, 15) is 24.5 Å². The van der Waals surface area contributed by atoms with Crippen LogP contribution in [0, 0.1) is 17.0 Å². The SMILES string of the molecule is CCOC(=O)c1c(NC(=O)c2cc([N+](=O)[O-])[nH]n2)sc(C(C)=O)c1C. The Morgan fingerprint density at radius 1 is 1.44 bits per heavy atom. The molecule has 1 amide bonds. The Morgan fingerprint density at radius 2 is 2.12 bits per heavy atom. The lowest BCUT2D eigenvalue weighted by atomic mass is 10.1. The predicted octanol–water partition coefficient (Wildman–Crippen LogP) is 2.32. The topological polar surface area (TPSA) is 144 Å². The number of rotatable bonds is 6. The first-order valence-corrected chi connectivity index (χ1v) is 7.90. The molecule has 132 valence electrons. The number of anilines is 1. The van der Waals surface area contributed by atoms with Crippen molar-refractivity contribution in [3.05, 3.63) is 37.9 Å². The maximum atomic E-state index is 12.2. The lowest BCUT2D eigenvalue weighted by Gasteiger charge is -2.05. The van der Waals surface area contributed by atoms with Gasteiger partial charge in [-0.25, -0.2) is 4.79 Å². The minimum absolute atomic E-state index is 0.0791. The fourth-order valence-corrected chi connectivity index (χ4v) is 3.16. The Hall–Kier alpha value is -3.08. The maximum Gasteiger partial charge on any atom is 0.343 e. The second-order valence-corrected chi connectivity index (χ2v) is 5.91. The quantitative estimate of drug-likeness (QED) is 0.345. The lowest BCUT2D eigenvalue weighted by Crippen LogP contribution is -2.15. The van der Waals surface area contributed by atoms with Crippen LogP contribution in [0.5, 0.6) is 0 Å². The summed E-state index contributed by atoms with van der Waals surface area (Å²) in [7, 11) is 0. The average molecular weight is 366 g/mol. The molecule has 0 saturated carbocycles. The second-order valence-electron chi connectivity index (χ2n) is 4.89. The fraction of sp³-hybridized carbons (Fsp3) is 0.286. The molecule has 0 atom stereocenters. The molecule has 10 nitrogen and oxygen atoms in total. The van der Waals surface area contributed by atoms with Crippen LogP contribution in [-0.4, -0.2) is 39.4 Å². The van der Waals surface area contributed by atoms with Crippen molar-refractivity contribution in [2.75, 3.05) is 11.9 Å². The van der Waals surface area contributed by atoms with Crippen molar-refractivity contribution in [1.29, 1.82) is 0 Å². The van der Waals surface area contributed by atoms with E-state index in [2.05, 4.69) is 15.5 Å². The third kappa shape index (κ3) is 3.71. The van der Waals surface area contributed by atoms with Gasteiger partial charge in [-0.1, -0.05) is 5.10 Å². The zero-order chi connectivity index (χ0) is 18.7. The summed E-state index contributed by atoms with van der Waals surface area (Å²) in [5.74, 6) is -2.13. The van der Waals surface area contributed by atoms with Gasteiger partial charge in [-0.15, -0.1) is 16.4 Å². The molecule has 0 aliphatic carbocycles. The van der Waals surface area contributed by atoms with E-state index >= 15 is 0 Å². The summed E-state index contributed by atoms with van der Waals surface area (Å²) in [6.07, 6.45) is 0. The summed E-state index contributed by atoms with van der Waals surface area (Å²) < 4.78 is 4.96. The molecule has 0 spiro atoms. The van der Waals surface area contributed by atoms with Gasteiger partial charge in [0.05, 0.1) is 23.1 Å². The smallest absolute Gasteiger partial charge is 0.343 e. The molecule has 25 heavy (non-hydrogen) atoms. The van der Waals surface area contributed by atoms with Crippen LogP contribution in [0.25, 0.3) is 0 Å². The minimum atomic E-state index is -0.758. The third-order valence-electron chi connectivity index (χ3n) is 3.17. The average Bonchev–Trinajstić information content (AvgIpc) is 3.12. The number of carbonyl (C=O) groups excluding carboxylic acids is 3. The van der Waals surface area contributed by atoms with Gasteiger partial charge in [-0.2, -0.15) is 0 Å². The number of esters is 1. The standard InChI is InChI=1S/C14H14N4O6S/c1-4-24-14(21)10-6(2)11(7(3)19)25-13(10)15-12(20)8-5-9(17-16-8)18(22)23/h5H,4H2,1-3H3,(H,15,20)(H,16,17). The number of thiophene rings is 1. The minimum Gasteiger partial charge on any atom is -0.462 e. The van der Waals surface area contributed by atoms with E-state index in [1.807, 2.05) is 0 Å². The first kappa shape index (κ1) is 18.3. The zero-order valence-electron chi connectivity index (χ0n) is 13.5. The summed E-state index contributed by atoms with van der Waals surface area (Å²) in [6, 6.07) is 0.964. The van der Waals surface area contributed by atoms with Crippen molar-refractivity contribution in [3.63, 3.8) is 0 Å². The fourth-order valence-electron chi connectivity index (χ4n) is 2.07. The molecule has 2 rings (SSSR count). The molecule has 2 aromatic heterocycles. The van der Waals surface area contributed by atoms with E-state index in [0.29, 0.717) is 10.4 Å². The molecule has 0 aliphatic heterocycles. The summed E-state index contributed by atoms with van der Waals surface area (Å²) in [4.78, 5) is 46.3. The number of carbonyl (C=O) groups is 3. The molecule has 0 radical (unpaired) electrons. The number of nitrogens with one attached hydrogen (secondary N) is 2. The highest BCUT2D eigenvalue weighted by atomic mass is 32.1. The van der Waals surface area contributed by atoms with Crippen LogP contribution in [0.4, 0.5) is 10.8 Å². The number of ketones is 1. The predicted molar refractivity (Wildman–Crippen MR) is 88.2 cm³/mol.